The molecule has 2 heterocycles. The van der Waals surface area contributed by atoms with E-state index in [4.69, 9.17) is 9.47 Å². The third kappa shape index (κ3) is 3.67. The van der Waals surface area contributed by atoms with Gasteiger partial charge in [0.05, 0.1) is 12.3 Å². The van der Waals surface area contributed by atoms with Crippen LogP contribution in [0, 0.1) is 5.41 Å². The van der Waals surface area contributed by atoms with Gasteiger partial charge in [0.2, 0.25) is 0 Å². The van der Waals surface area contributed by atoms with Gasteiger partial charge in [-0.1, -0.05) is 44.2 Å². The van der Waals surface area contributed by atoms with E-state index in [2.05, 4.69) is 24.1 Å². The minimum atomic E-state index is -0.418. The second-order valence-electron chi connectivity index (χ2n) is 6.66. The van der Waals surface area contributed by atoms with Gasteiger partial charge in [0.1, 0.15) is 12.4 Å². The van der Waals surface area contributed by atoms with E-state index in [0.29, 0.717) is 13.2 Å². The highest BCUT2D eigenvalue weighted by Gasteiger charge is 2.38. The fraction of sp³-hybridized carbons (Fsp3) is 0.368. The molecule has 5 nitrogen and oxygen atoms in total. The molecule has 1 aromatic heterocycles. The van der Waals surface area contributed by atoms with Crippen molar-refractivity contribution in [1.82, 2.24) is 10.3 Å². The Morgan fingerprint density at radius 3 is 2.88 bits per heavy atom. The first-order valence-corrected chi connectivity index (χ1v) is 8.08. The molecule has 3 rings (SSSR count). The molecule has 0 radical (unpaired) electrons. The van der Waals surface area contributed by atoms with Crippen LogP contribution >= 0.6 is 0 Å². The Bertz CT molecular complexity index is 701. The van der Waals surface area contributed by atoms with Crippen molar-refractivity contribution in [2.75, 3.05) is 13.2 Å². The second-order valence-corrected chi connectivity index (χ2v) is 6.66. The van der Waals surface area contributed by atoms with Gasteiger partial charge in [0.15, 0.2) is 0 Å². The summed E-state index contributed by atoms with van der Waals surface area (Å²) in [4.78, 5) is 16.4. The molecule has 126 valence electrons. The number of pyridine rings is 1. The number of carbonyl (C=O) groups excluding carboxylic acids is 1. The zero-order chi connectivity index (χ0) is 17.0. The Morgan fingerprint density at radius 1 is 1.29 bits per heavy atom. The topological polar surface area (TPSA) is 60.5 Å². The molecule has 2 aromatic rings. The number of amides is 1. The Labute approximate surface area is 142 Å². The van der Waals surface area contributed by atoms with Gasteiger partial charge in [-0.25, -0.2) is 4.79 Å². The van der Waals surface area contributed by atoms with Crippen LogP contribution in [0.4, 0.5) is 4.79 Å². The standard InChI is InChI=1S/C19H22N2O3/c1-19(2)13-24-16-9-6-10-20-17(16)15(19)11-21-18(22)23-12-14-7-4-3-5-8-14/h3-10,15H,11-13H2,1-2H3,(H,21,22). The van der Waals surface area contributed by atoms with E-state index in [0.717, 1.165) is 17.0 Å². The number of benzene rings is 1. The number of nitrogens with zero attached hydrogens (tertiary/aromatic N) is 1. The van der Waals surface area contributed by atoms with Gasteiger partial charge in [-0.2, -0.15) is 0 Å². The summed E-state index contributed by atoms with van der Waals surface area (Å²) < 4.78 is 11.0. The predicted molar refractivity (Wildman–Crippen MR) is 90.9 cm³/mol. The van der Waals surface area contributed by atoms with Gasteiger partial charge in [-0.05, 0) is 17.7 Å². The molecule has 0 bridgehead atoms. The third-order valence-corrected chi connectivity index (χ3v) is 4.34. The zero-order valence-corrected chi connectivity index (χ0v) is 14.0. The van der Waals surface area contributed by atoms with E-state index < -0.39 is 6.09 Å². The molecule has 0 saturated carbocycles. The van der Waals surface area contributed by atoms with Crippen LogP contribution in [0.5, 0.6) is 5.75 Å². The summed E-state index contributed by atoms with van der Waals surface area (Å²) in [6.45, 7) is 5.56. The van der Waals surface area contributed by atoms with E-state index in [1.54, 1.807) is 6.20 Å². The highest BCUT2D eigenvalue weighted by molar-refractivity contribution is 5.67. The third-order valence-electron chi connectivity index (χ3n) is 4.34. The Balaban J connectivity index is 1.60. The lowest BCUT2D eigenvalue weighted by Crippen LogP contribution is -2.41. The van der Waals surface area contributed by atoms with E-state index >= 15 is 0 Å². The van der Waals surface area contributed by atoms with Crippen LogP contribution in [0.3, 0.4) is 0 Å². The molecule has 1 amide bonds. The number of nitrogens with one attached hydrogen (secondary N) is 1. The predicted octanol–water partition coefficient (Wildman–Crippen LogP) is 3.51. The Kier molecular flexibility index (Phi) is 4.69. The molecule has 1 aromatic carbocycles. The summed E-state index contributed by atoms with van der Waals surface area (Å²) in [7, 11) is 0. The highest BCUT2D eigenvalue weighted by Crippen LogP contribution is 2.42. The van der Waals surface area contributed by atoms with Crippen LogP contribution in [0.25, 0.3) is 0 Å². The molecule has 0 saturated heterocycles. The van der Waals surface area contributed by atoms with Gasteiger partial charge in [-0.15, -0.1) is 0 Å². The van der Waals surface area contributed by atoms with Crippen molar-refractivity contribution in [2.24, 2.45) is 5.41 Å². The number of alkyl carbamates (subject to hydrolysis) is 1. The van der Waals surface area contributed by atoms with Gasteiger partial charge in [0, 0.05) is 24.1 Å². The van der Waals surface area contributed by atoms with Crippen LogP contribution in [-0.4, -0.2) is 24.2 Å². The zero-order valence-electron chi connectivity index (χ0n) is 14.0. The largest absolute Gasteiger partial charge is 0.491 e. The number of hydrogen-bond acceptors (Lipinski definition) is 4. The van der Waals surface area contributed by atoms with E-state index in [-0.39, 0.29) is 17.9 Å². The first-order chi connectivity index (χ1) is 11.6. The van der Waals surface area contributed by atoms with Gasteiger partial charge < -0.3 is 14.8 Å². The van der Waals surface area contributed by atoms with Crippen LogP contribution in [-0.2, 0) is 11.3 Å². The number of carbonyl (C=O) groups is 1. The highest BCUT2D eigenvalue weighted by atomic mass is 16.5. The number of hydrogen-bond donors (Lipinski definition) is 1. The first-order valence-electron chi connectivity index (χ1n) is 8.08. The SMILES string of the molecule is CC1(C)COc2cccnc2C1CNC(=O)OCc1ccccc1. The van der Waals surface area contributed by atoms with Gasteiger partial charge in [0.25, 0.3) is 0 Å². The first kappa shape index (κ1) is 16.3. The van der Waals surface area contributed by atoms with Crippen LogP contribution in [0.15, 0.2) is 48.7 Å². The quantitative estimate of drug-likeness (QED) is 0.934. The monoisotopic (exact) mass is 326 g/mol. The second kappa shape index (κ2) is 6.91. The molecule has 1 unspecified atom stereocenters. The normalized spacial score (nSPS) is 18.2. The summed E-state index contributed by atoms with van der Waals surface area (Å²) >= 11 is 0. The molecule has 0 aliphatic carbocycles. The van der Waals surface area contributed by atoms with Gasteiger partial charge in [-0.3, -0.25) is 4.98 Å². The average Bonchev–Trinajstić information content (AvgIpc) is 2.59. The molecular weight excluding hydrogens is 304 g/mol. The lowest BCUT2D eigenvalue weighted by Gasteiger charge is -2.38. The molecule has 0 spiro atoms. The Morgan fingerprint density at radius 2 is 2.08 bits per heavy atom. The summed E-state index contributed by atoms with van der Waals surface area (Å²) in [5.74, 6) is 0.869. The van der Waals surface area contributed by atoms with Crippen LogP contribution in [0.2, 0.25) is 0 Å². The van der Waals surface area contributed by atoms with Crippen LogP contribution in [0.1, 0.15) is 31.0 Å². The fourth-order valence-electron chi connectivity index (χ4n) is 2.85. The summed E-state index contributed by atoms with van der Waals surface area (Å²) in [6.07, 6.45) is 1.34. The number of aromatic nitrogens is 1. The lowest BCUT2D eigenvalue weighted by molar-refractivity contribution is 0.108. The molecule has 1 N–H and O–H groups in total. The van der Waals surface area contributed by atoms with Crippen molar-refractivity contribution in [3.8, 4) is 5.75 Å². The summed E-state index contributed by atoms with van der Waals surface area (Å²) in [6, 6.07) is 13.4. The van der Waals surface area contributed by atoms with Crippen molar-refractivity contribution in [3.05, 3.63) is 59.9 Å². The molecule has 1 aliphatic rings. The number of fused-ring (bicyclic) bond motifs is 1. The van der Waals surface area contributed by atoms with E-state index in [9.17, 15) is 4.79 Å². The van der Waals surface area contributed by atoms with E-state index in [1.165, 1.54) is 0 Å². The van der Waals surface area contributed by atoms with Crippen LogP contribution < -0.4 is 10.1 Å². The fourth-order valence-corrected chi connectivity index (χ4v) is 2.85. The van der Waals surface area contributed by atoms with Crippen molar-refractivity contribution >= 4 is 6.09 Å². The minimum Gasteiger partial charge on any atom is -0.491 e. The lowest BCUT2D eigenvalue weighted by atomic mass is 9.75. The molecule has 1 atom stereocenters. The van der Waals surface area contributed by atoms with Gasteiger partial charge >= 0.3 is 6.09 Å². The maximum absolute atomic E-state index is 12.0. The Hall–Kier alpha value is -2.56. The van der Waals surface area contributed by atoms with Crippen molar-refractivity contribution in [1.29, 1.82) is 0 Å². The molecular formula is C19H22N2O3. The molecule has 24 heavy (non-hydrogen) atoms. The van der Waals surface area contributed by atoms with E-state index in [1.807, 2.05) is 42.5 Å². The molecule has 5 heteroatoms. The van der Waals surface area contributed by atoms with Crippen molar-refractivity contribution < 1.29 is 14.3 Å². The maximum atomic E-state index is 12.0. The van der Waals surface area contributed by atoms with Crippen molar-refractivity contribution in [2.45, 2.75) is 26.4 Å². The maximum Gasteiger partial charge on any atom is 0.407 e. The summed E-state index contributed by atoms with van der Waals surface area (Å²) in [5, 5.41) is 2.86. The smallest absolute Gasteiger partial charge is 0.407 e. The van der Waals surface area contributed by atoms with Crippen molar-refractivity contribution in [3.63, 3.8) is 0 Å². The summed E-state index contributed by atoms with van der Waals surface area (Å²) in [5.41, 5.74) is 1.73. The number of rotatable bonds is 4. The molecule has 1 aliphatic heterocycles. The molecule has 0 fully saturated rings. The number of ether oxygens (including phenoxy) is 2. The average molecular weight is 326 g/mol. The minimum absolute atomic E-state index is 0.0757.